The quantitative estimate of drug-likeness (QED) is 0.462. The molecular weight excluding hydrogens is 264 g/mol. The lowest BCUT2D eigenvalue weighted by Gasteiger charge is -2.35. The van der Waals surface area contributed by atoms with Crippen molar-refractivity contribution in [3.8, 4) is 5.75 Å². The Morgan fingerprint density at radius 1 is 1.60 bits per heavy atom. The van der Waals surface area contributed by atoms with Crippen LogP contribution < -0.4 is 26.2 Å². The van der Waals surface area contributed by atoms with Crippen molar-refractivity contribution >= 4 is 17.5 Å². The number of carbonyl (C=O) groups is 1. The van der Waals surface area contributed by atoms with Gasteiger partial charge < -0.3 is 25.1 Å². The molecule has 1 aliphatic rings. The van der Waals surface area contributed by atoms with Crippen LogP contribution in [0.15, 0.2) is 6.33 Å². The Hall–Kier alpha value is -2.13. The Morgan fingerprint density at radius 2 is 2.40 bits per heavy atom. The molecule has 0 aliphatic carbocycles. The highest BCUT2D eigenvalue weighted by molar-refractivity contribution is 5.86. The van der Waals surface area contributed by atoms with Crippen molar-refractivity contribution in [1.82, 2.24) is 15.3 Å². The zero-order chi connectivity index (χ0) is 14.5. The van der Waals surface area contributed by atoms with Crippen molar-refractivity contribution in [3.05, 3.63) is 6.33 Å². The van der Waals surface area contributed by atoms with Gasteiger partial charge >= 0.3 is 0 Å². The molecule has 1 unspecified atom stereocenters. The first-order valence-electron chi connectivity index (χ1n) is 6.14. The second-order valence-electron chi connectivity index (χ2n) is 4.12. The van der Waals surface area contributed by atoms with Crippen LogP contribution in [0.2, 0.25) is 0 Å². The highest BCUT2D eigenvalue weighted by Gasteiger charge is 2.32. The number of methoxy groups -OCH3 is 1. The second kappa shape index (κ2) is 6.35. The van der Waals surface area contributed by atoms with Crippen LogP contribution in [0.1, 0.15) is 0 Å². The van der Waals surface area contributed by atoms with Gasteiger partial charge in [0, 0.05) is 13.6 Å². The first kappa shape index (κ1) is 14.3. The Kier molecular flexibility index (Phi) is 4.53. The molecule has 1 saturated heterocycles. The summed E-state index contributed by atoms with van der Waals surface area (Å²) in [5.41, 5.74) is 2.45. The summed E-state index contributed by atoms with van der Waals surface area (Å²) in [5, 5.41) is 2.62. The molecule has 1 fully saturated rings. The monoisotopic (exact) mass is 282 g/mol. The SMILES string of the molecule is CNC(=O)C1COCCN1c1ncnc(NN)c1OC. The van der Waals surface area contributed by atoms with Crippen LogP contribution in [0, 0.1) is 0 Å². The highest BCUT2D eigenvalue weighted by atomic mass is 16.5. The normalized spacial score (nSPS) is 18.6. The van der Waals surface area contributed by atoms with E-state index in [1.54, 1.807) is 7.05 Å². The van der Waals surface area contributed by atoms with E-state index in [-0.39, 0.29) is 12.5 Å². The fourth-order valence-corrected chi connectivity index (χ4v) is 2.10. The van der Waals surface area contributed by atoms with Crippen LogP contribution in [-0.4, -0.2) is 55.8 Å². The third kappa shape index (κ3) is 2.58. The lowest BCUT2D eigenvalue weighted by atomic mass is 10.2. The van der Waals surface area contributed by atoms with Crippen molar-refractivity contribution in [1.29, 1.82) is 0 Å². The number of nitrogens with two attached hydrogens (primary N) is 1. The van der Waals surface area contributed by atoms with E-state index in [1.165, 1.54) is 13.4 Å². The topological polar surface area (TPSA) is 115 Å². The standard InChI is InChI=1S/C11H18N6O3/c1-13-11(18)7-5-20-4-3-17(7)10-8(19-2)9(16-12)14-6-15-10/h6-7H,3-5,12H2,1-2H3,(H,13,18)(H,14,15,16). The Morgan fingerprint density at radius 3 is 3.05 bits per heavy atom. The molecule has 1 aromatic rings. The van der Waals surface area contributed by atoms with Gasteiger partial charge in [0.15, 0.2) is 11.6 Å². The Balaban J connectivity index is 2.39. The summed E-state index contributed by atoms with van der Waals surface area (Å²) in [6.07, 6.45) is 1.36. The number of likely N-dealkylation sites (N-methyl/N-ethyl adjacent to an activating group) is 1. The third-order valence-electron chi connectivity index (χ3n) is 3.08. The van der Waals surface area contributed by atoms with E-state index < -0.39 is 6.04 Å². The molecule has 2 rings (SSSR count). The number of nitrogen functional groups attached to an aromatic ring is 1. The number of amides is 1. The van der Waals surface area contributed by atoms with Gasteiger partial charge in [-0.05, 0) is 0 Å². The van der Waals surface area contributed by atoms with Gasteiger partial charge in [0.05, 0.1) is 20.3 Å². The van der Waals surface area contributed by atoms with Crippen LogP contribution in [0.25, 0.3) is 0 Å². The van der Waals surface area contributed by atoms with Gasteiger partial charge in [0.25, 0.3) is 0 Å². The van der Waals surface area contributed by atoms with Crippen LogP contribution >= 0.6 is 0 Å². The van der Waals surface area contributed by atoms with Crippen molar-refractivity contribution in [3.63, 3.8) is 0 Å². The van der Waals surface area contributed by atoms with Crippen LogP contribution in [0.5, 0.6) is 5.75 Å². The molecule has 9 heteroatoms. The Bertz CT molecular complexity index is 483. The van der Waals surface area contributed by atoms with Gasteiger partial charge in [-0.2, -0.15) is 0 Å². The zero-order valence-corrected chi connectivity index (χ0v) is 11.4. The molecule has 1 aromatic heterocycles. The van der Waals surface area contributed by atoms with E-state index in [9.17, 15) is 4.79 Å². The molecule has 1 aliphatic heterocycles. The first-order valence-corrected chi connectivity index (χ1v) is 6.14. The van der Waals surface area contributed by atoms with E-state index in [0.29, 0.717) is 30.5 Å². The summed E-state index contributed by atoms with van der Waals surface area (Å²) in [7, 11) is 3.08. The maximum atomic E-state index is 11.9. The van der Waals surface area contributed by atoms with E-state index >= 15 is 0 Å². The predicted octanol–water partition coefficient (Wildman–Crippen LogP) is -1.28. The molecule has 0 spiro atoms. The van der Waals surface area contributed by atoms with Crippen molar-refractivity contribution < 1.29 is 14.3 Å². The summed E-state index contributed by atoms with van der Waals surface area (Å²) < 4.78 is 10.7. The summed E-state index contributed by atoms with van der Waals surface area (Å²) >= 11 is 0. The minimum Gasteiger partial charge on any atom is -0.490 e. The Labute approximate surface area is 116 Å². The fourth-order valence-electron chi connectivity index (χ4n) is 2.10. The predicted molar refractivity (Wildman–Crippen MR) is 72.4 cm³/mol. The molecule has 4 N–H and O–H groups in total. The summed E-state index contributed by atoms with van der Waals surface area (Å²) in [6, 6.07) is -0.469. The van der Waals surface area contributed by atoms with Gasteiger partial charge in [0.1, 0.15) is 12.4 Å². The summed E-state index contributed by atoms with van der Waals surface area (Å²) in [4.78, 5) is 22.0. The average molecular weight is 282 g/mol. The summed E-state index contributed by atoms with van der Waals surface area (Å²) in [5.74, 6) is 6.52. The smallest absolute Gasteiger partial charge is 0.244 e. The van der Waals surface area contributed by atoms with Crippen molar-refractivity contribution in [2.75, 3.05) is 44.2 Å². The molecule has 1 atom stereocenters. The number of aromatic nitrogens is 2. The minimum absolute atomic E-state index is 0.146. The number of hydrazine groups is 1. The lowest BCUT2D eigenvalue weighted by Crippen LogP contribution is -2.53. The van der Waals surface area contributed by atoms with E-state index in [2.05, 4.69) is 20.7 Å². The number of nitrogens with one attached hydrogen (secondary N) is 2. The number of hydrogen-bond acceptors (Lipinski definition) is 8. The minimum atomic E-state index is -0.469. The molecule has 0 aromatic carbocycles. The number of carbonyl (C=O) groups excluding carboxylic acids is 1. The molecule has 1 amide bonds. The molecule has 0 saturated carbocycles. The number of ether oxygens (including phenoxy) is 2. The van der Waals surface area contributed by atoms with Gasteiger partial charge in [-0.15, -0.1) is 0 Å². The van der Waals surface area contributed by atoms with Gasteiger partial charge in [-0.25, -0.2) is 15.8 Å². The van der Waals surface area contributed by atoms with Gasteiger partial charge in [0.2, 0.25) is 11.7 Å². The largest absolute Gasteiger partial charge is 0.490 e. The van der Waals surface area contributed by atoms with E-state index in [0.717, 1.165) is 0 Å². The number of nitrogens with zero attached hydrogens (tertiary/aromatic N) is 3. The van der Waals surface area contributed by atoms with Gasteiger partial charge in [-0.3, -0.25) is 4.79 Å². The highest BCUT2D eigenvalue weighted by Crippen LogP contribution is 2.33. The zero-order valence-electron chi connectivity index (χ0n) is 11.4. The second-order valence-corrected chi connectivity index (χ2v) is 4.12. The molecule has 20 heavy (non-hydrogen) atoms. The molecule has 2 heterocycles. The number of rotatable bonds is 4. The average Bonchev–Trinajstić information content (AvgIpc) is 2.53. The third-order valence-corrected chi connectivity index (χ3v) is 3.08. The maximum absolute atomic E-state index is 11.9. The van der Waals surface area contributed by atoms with Crippen LogP contribution in [-0.2, 0) is 9.53 Å². The molecule has 0 bridgehead atoms. The van der Waals surface area contributed by atoms with E-state index in [4.69, 9.17) is 15.3 Å². The fraction of sp³-hybridized carbons (Fsp3) is 0.545. The van der Waals surface area contributed by atoms with Crippen LogP contribution in [0.3, 0.4) is 0 Å². The molecule has 9 nitrogen and oxygen atoms in total. The number of hydrogen-bond donors (Lipinski definition) is 3. The molecule has 0 radical (unpaired) electrons. The van der Waals surface area contributed by atoms with Crippen molar-refractivity contribution in [2.45, 2.75) is 6.04 Å². The van der Waals surface area contributed by atoms with Crippen molar-refractivity contribution in [2.24, 2.45) is 5.84 Å². The lowest BCUT2D eigenvalue weighted by molar-refractivity contribution is -0.124. The van der Waals surface area contributed by atoms with Gasteiger partial charge in [-0.1, -0.05) is 0 Å². The van der Waals surface area contributed by atoms with E-state index in [1.807, 2.05) is 4.90 Å². The number of morpholine rings is 1. The summed E-state index contributed by atoms with van der Waals surface area (Å²) in [6.45, 7) is 1.32. The number of anilines is 2. The molecule has 110 valence electrons. The first-order chi connectivity index (χ1) is 9.72. The molecular formula is C11H18N6O3. The van der Waals surface area contributed by atoms with Crippen LogP contribution in [0.4, 0.5) is 11.6 Å². The maximum Gasteiger partial charge on any atom is 0.244 e.